The van der Waals surface area contributed by atoms with E-state index in [2.05, 4.69) is 5.32 Å². The van der Waals surface area contributed by atoms with E-state index in [4.69, 9.17) is 0 Å². The van der Waals surface area contributed by atoms with E-state index < -0.39 is 6.04 Å². The van der Waals surface area contributed by atoms with Crippen molar-refractivity contribution in [2.45, 2.75) is 64.6 Å². The highest BCUT2D eigenvalue weighted by Crippen LogP contribution is 2.19. The maximum atomic E-state index is 13.3. The third-order valence-corrected chi connectivity index (χ3v) is 5.61. The Kier molecular flexibility index (Phi) is 7.02. The van der Waals surface area contributed by atoms with Crippen LogP contribution in [0.3, 0.4) is 0 Å². The van der Waals surface area contributed by atoms with Crippen LogP contribution in [0.1, 0.15) is 49.3 Å². The summed E-state index contributed by atoms with van der Waals surface area (Å²) in [7, 11) is 0. The van der Waals surface area contributed by atoms with Gasteiger partial charge in [-0.15, -0.1) is 0 Å². The minimum Gasteiger partial charge on any atom is -0.352 e. The molecular weight excluding hydrogens is 367 g/mol. The third-order valence-electron chi connectivity index (χ3n) is 5.61. The molecule has 1 fully saturated rings. The summed E-state index contributed by atoms with van der Waals surface area (Å²) in [6.07, 6.45) is 4.47. The number of nitrogens with one attached hydrogen (secondary N) is 1. The van der Waals surface area contributed by atoms with E-state index in [0.717, 1.165) is 42.4 Å². The molecule has 0 saturated heterocycles. The van der Waals surface area contributed by atoms with Crippen molar-refractivity contribution in [1.29, 1.82) is 0 Å². The van der Waals surface area contributed by atoms with Crippen LogP contribution in [0.15, 0.2) is 48.5 Å². The first-order valence-electron chi connectivity index (χ1n) is 10.3. The average molecular weight is 397 g/mol. The monoisotopic (exact) mass is 396 g/mol. The van der Waals surface area contributed by atoms with E-state index >= 15 is 0 Å². The highest BCUT2D eigenvalue weighted by molar-refractivity contribution is 5.88. The van der Waals surface area contributed by atoms with Gasteiger partial charge in [0.05, 0.1) is 6.42 Å². The van der Waals surface area contributed by atoms with Gasteiger partial charge in [0.1, 0.15) is 11.9 Å². The lowest BCUT2D eigenvalue weighted by atomic mass is 10.1. The lowest BCUT2D eigenvalue weighted by Gasteiger charge is -2.30. The first kappa shape index (κ1) is 21.0. The van der Waals surface area contributed by atoms with Crippen molar-refractivity contribution >= 4 is 11.8 Å². The van der Waals surface area contributed by atoms with Gasteiger partial charge < -0.3 is 10.2 Å². The number of nitrogens with zero attached hydrogens (tertiary/aromatic N) is 1. The molecule has 1 atom stereocenters. The van der Waals surface area contributed by atoms with Crippen LogP contribution in [0.2, 0.25) is 0 Å². The number of benzene rings is 2. The Morgan fingerprint density at radius 1 is 1.03 bits per heavy atom. The van der Waals surface area contributed by atoms with Gasteiger partial charge in [-0.05, 0) is 49.9 Å². The summed E-state index contributed by atoms with van der Waals surface area (Å²) in [5.41, 5.74) is 2.84. The van der Waals surface area contributed by atoms with Crippen molar-refractivity contribution in [2.24, 2.45) is 0 Å². The first-order chi connectivity index (χ1) is 13.9. The Bertz CT molecular complexity index is 827. The van der Waals surface area contributed by atoms with E-state index in [1.165, 1.54) is 12.1 Å². The summed E-state index contributed by atoms with van der Waals surface area (Å²) in [6, 6.07) is 13.5. The number of carbonyl (C=O) groups is 2. The summed E-state index contributed by atoms with van der Waals surface area (Å²) >= 11 is 0. The van der Waals surface area contributed by atoms with Crippen molar-refractivity contribution in [3.63, 3.8) is 0 Å². The highest BCUT2D eigenvalue weighted by atomic mass is 19.1. The van der Waals surface area contributed by atoms with Crippen molar-refractivity contribution in [2.75, 3.05) is 0 Å². The van der Waals surface area contributed by atoms with Gasteiger partial charge >= 0.3 is 0 Å². The summed E-state index contributed by atoms with van der Waals surface area (Å²) < 4.78 is 13.3. The number of halogens is 1. The Morgan fingerprint density at radius 3 is 2.24 bits per heavy atom. The topological polar surface area (TPSA) is 49.4 Å². The van der Waals surface area contributed by atoms with Crippen molar-refractivity contribution in [1.82, 2.24) is 10.2 Å². The van der Waals surface area contributed by atoms with E-state index in [9.17, 15) is 14.0 Å². The molecule has 1 aliphatic rings. The second-order valence-corrected chi connectivity index (χ2v) is 7.98. The second-order valence-electron chi connectivity index (χ2n) is 7.98. The number of hydrogen-bond donors (Lipinski definition) is 1. The van der Waals surface area contributed by atoms with E-state index in [1.807, 2.05) is 31.2 Å². The summed E-state index contributed by atoms with van der Waals surface area (Å²) in [5.74, 6) is -0.568. The summed E-state index contributed by atoms with van der Waals surface area (Å²) in [6.45, 7) is 4.03. The molecule has 0 aliphatic heterocycles. The van der Waals surface area contributed by atoms with Gasteiger partial charge in [0.25, 0.3) is 0 Å². The molecule has 0 heterocycles. The molecule has 0 bridgehead atoms. The number of amides is 2. The standard InChI is InChI=1S/C24H29FN2O2/c1-17-7-9-19(10-8-17)15-23(28)27(16-20-11-13-21(25)14-12-20)18(2)24(29)26-22-5-3-4-6-22/h7-14,18,22H,3-6,15-16H2,1-2H3,(H,26,29)/t18-/m0/s1. The van der Waals surface area contributed by atoms with Crippen LogP contribution >= 0.6 is 0 Å². The maximum Gasteiger partial charge on any atom is 0.242 e. The molecule has 2 amide bonds. The number of rotatable bonds is 7. The third kappa shape index (κ3) is 5.89. The van der Waals surface area contributed by atoms with Crippen LogP contribution in [0.25, 0.3) is 0 Å². The van der Waals surface area contributed by atoms with Gasteiger partial charge in [-0.3, -0.25) is 9.59 Å². The molecule has 0 spiro atoms. The number of aryl methyl sites for hydroxylation is 1. The van der Waals surface area contributed by atoms with E-state index in [-0.39, 0.29) is 36.6 Å². The molecule has 0 unspecified atom stereocenters. The molecule has 2 aromatic rings. The fourth-order valence-electron chi connectivity index (χ4n) is 3.74. The lowest BCUT2D eigenvalue weighted by Crippen LogP contribution is -2.50. The Balaban J connectivity index is 1.75. The van der Waals surface area contributed by atoms with Gasteiger partial charge in [0.2, 0.25) is 11.8 Å². The molecular formula is C24H29FN2O2. The largest absolute Gasteiger partial charge is 0.352 e. The van der Waals surface area contributed by atoms with Gasteiger partial charge in [0, 0.05) is 12.6 Å². The van der Waals surface area contributed by atoms with Crippen LogP contribution in [-0.2, 0) is 22.6 Å². The van der Waals surface area contributed by atoms with Crippen LogP contribution < -0.4 is 5.32 Å². The zero-order chi connectivity index (χ0) is 20.8. The van der Waals surface area contributed by atoms with E-state index in [1.54, 1.807) is 24.0 Å². The van der Waals surface area contributed by atoms with Gasteiger partial charge in [-0.2, -0.15) is 0 Å². The normalized spacial score (nSPS) is 15.1. The molecule has 1 N–H and O–H groups in total. The molecule has 154 valence electrons. The zero-order valence-electron chi connectivity index (χ0n) is 17.2. The SMILES string of the molecule is Cc1ccc(CC(=O)N(Cc2ccc(F)cc2)[C@@H](C)C(=O)NC2CCCC2)cc1. The maximum absolute atomic E-state index is 13.3. The van der Waals surface area contributed by atoms with Gasteiger partial charge in [-0.1, -0.05) is 54.8 Å². The first-order valence-corrected chi connectivity index (χ1v) is 10.3. The van der Waals surface area contributed by atoms with Crippen LogP contribution in [0.5, 0.6) is 0 Å². The highest BCUT2D eigenvalue weighted by Gasteiger charge is 2.28. The molecule has 5 heteroatoms. The molecule has 2 aromatic carbocycles. The molecule has 3 rings (SSSR count). The van der Waals surface area contributed by atoms with Crippen LogP contribution in [0, 0.1) is 12.7 Å². The van der Waals surface area contributed by atoms with Gasteiger partial charge in [-0.25, -0.2) is 4.39 Å². The molecule has 0 radical (unpaired) electrons. The zero-order valence-corrected chi connectivity index (χ0v) is 17.2. The fraction of sp³-hybridized carbons (Fsp3) is 0.417. The second kappa shape index (κ2) is 9.68. The molecule has 1 aliphatic carbocycles. The van der Waals surface area contributed by atoms with Crippen molar-refractivity contribution in [3.05, 3.63) is 71.0 Å². The van der Waals surface area contributed by atoms with E-state index in [0.29, 0.717) is 0 Å². The predicted octanol–water partition coefficient (Wildman–Crippen LogP) is 4.15. The van der Waals surface area contributed by atoms with Gasteiger partial charge in [0.15, 0.2) is 0 Å². The number of hydrogen-bond acceptors (Lipinski definition) is 2. The quantitative estimate of drug-likeness (QED) is 0.764. The number of carbonyl (C=O) groups excluding carboxylic acids is 2. The Hall–Kier alpha value is -2.69. The van der Waals surface area contributed by atoms with Crippen molar-refractivity contribution in [3.8, 4) is 0 Å². The molecule has 4 nitrogen and oxygen atoms in total. The Morgan fingerprint density at radius 2 is 1.62 bits per heavy atom. The predicted molar refractivity (Wildman–Crippen MR) is 112 cm³/mol. The summed E-state index contributed by atoms with van der Waals surface area (Å²) in [4.78, 5) is 27.5. The molecule has 0 aromatic heterocycles. The smallest absolute Gasteiger partial charge is 0.242 e. The summed E-state index contributed by atoms with van der Waals surface area (Å²) in [5, 5.41) is 3.09. The lowest BCUT2D eigenvalue weighted by molar-refractivity contribution is -0.140. The minimum atomic E-state index is -0.599. The Labute approximate surface area is 172 Å². The average Bonchev–Trinajstić information content (AvgIpc) is 3.21. The minimum absolute atomic E-state index is 0.118. The fourth-order valence-corrected chi connectivity index (χ4v) is 3.74. The van der Waals surface area contributed by atoms with Crippen LogP contribution in [-0.4, -0.2) is 28.8 Å². The van der Waals surface area contributed by atoms with Crippen molar-refractivity contribution < 1.29 is 14.0 Å². The molecule has 29 heavy (non-hydrogen) atoms. The molecule has 1 saturated carbocycles. The van der Waals surface area contributed by atoms with Crippen LogP contribution in [0.4, 0.5) is 4.39 Å².